The van der Waals surface area contributed by atoms with E-state index in [4.69, 9.17) is 0 Å². The number of benzene rings is 2. The third kappa shape index (κ3) is 8.03. The van der Waals surface area contributed by atoms with Crippen molar-refractivity contribution in [1.29, 1.82) is 0 Å². The second-order valence-electron chi connectivity index (χ2n) is 7.26. The Hall–Kier alpha value is -1.99. The first kappa shape index (κ1) is 26.0. The van der Waals surface area contributed by atoms with Crippen LogP contribution in [-0.4, -0.2) is 39.9 Å². The summed E-state index contributed by atoms with van der Waals surface area (Å²) < 4.78 is 12.5. The number of carboxylic acid groups (broad SMARTS) is 1. The van der Waals surface area contributed by atoms with Crippen molar-refractivity contribution >= 4 is 19.2 Å². The lowest BCUT2D eigenvalue weighted by Crippen LogP contribution is -3.00. The van der Waals surface area contributed by atoms with Crippen LogP contribution in [0.4, 0.5) is 0 Å². The van der Waals surface area contributed by atoms with E-state index in [0.29, 0.717) is 0 Å². The lowest BCUT2D eigenvalue weighted by atomic mass is 9.99. The van der Waals surface area contributed by atoms with Crippen LogP contribution in [0.15, 0.2) is 60.7 Å². The largest absolute Gasteiger partial charge is 1.00 e. The summed E-state index contributed by atoms with van der Waals surface area (Å²) in [6.07, 6.45) is 0.111. The molecule has 1 amide bonds. The lowest BCUT2D eigenvalue weighted by molar-refractivity contribution is -0.385. The highest BCUT2D eigenvalue weighted by molar-refractivity contribution is 7.58. The van der Waals surface area contributed by atoms with Crippen molar-refractivity contribution in [1.82, 2.24) is 5.32 Å². The molecule has 0 bridgehead atoms. The van der Waals surface area contributed by atoms with Gasteiger partial charge in [-0.15, -0.1) is 0 Å². The van der Waals surface area contributed by atoms with Crippen molar-refractivity contribution in [2.75, 3.05) is 6.16 Å². The molecule has 1 unspecified atom stereocenters. The molecular weight excluding hydrogens is 471 g/mol. The van der Waals surface area contributed by atoms with Crippen molar-refractivity contribution in [2.24, 2.45) is 5.92 Å². The molecule has 0 heterocycles. The van der Waals surface area contributed by atoms with E-state index < -0.39 is 37.0 Å². The van der Waals surface area contributed by atoms with E-state index in [0.717, 1.165) is 11.1 Å². The summed E-state index contributed by atoms with van der Waals surface area (Å²) in [4.78, 5) is 34.9. The smallest absolute Gasteiger partial charge is 0.326 e. The maximum absolute atomic E-state index is 12.9. The van der Waals surface area contributed by atoms with Gasteiger partial charge in [0, 0.05) is 12.6 Å². The zero-order valence-electron chi connectivity index (χ0n) is 16.8. The van der Waals surface area contributed by atoms with Crippen molar-refractivity contribution in [3.05, 3.63) is 71.8 Å². The topological polar surface area (TPSA) is 131 Å². The molecule has 0 fully saturated rings. The number of carboxylic acids is 1. The van der Waals surface area contributed by atoms with Crippen LogP contribution in [0.5, 0.6) is 0 Å². The highest BCUT2D eigenvalue weighted by Crippen LogP contribution is 2.45. The molecule has 0 spiro atoms. The molecular formula is C21H28BrN2O5P. The van der Waals surface area contributed by atoms with Crippen molar-refractivity contribution in [3.8, 4) is 0 Å². The highest BCUT2D eigenvalue weighted by atomic mass is 79.9. The Morgan fingerprint density at radius 2 is 1.47 bits per heavy atom. The van der Waals surface area contributed by atoms with Gasteiger partial charge in [0.25, 0.3) is 7.37 Å². The minimum Gasteiger partial charge on any atom is -1.00 e. The van der Waals surface area contributed by atoms with Gasteiger partial charge in [-0.2, -0.15) is 0 Å². The first-order valence-corrected chi connectivity index (χ1v) is 11.4. The first-order valence-electron chi connectivity index (χ1n) is 9.44. The van der Waals surface area contributed by atoms with E-state index in [9.17, 15) is 24.2 Å². The predicted octanol–water partition coefficient (Wildman–Crippen LogP) is -1.48. The Kier molecular flexibility index (Phi) is 10.4. The van der Waals surface area contributed by atoms with Gasteiger partial charge in [-0.3, -0.25) is 9.36 Å². The fourth-order valence-electron chi connectivity index (χ4n) is 2.97. The molecule has 4 atom stereocenters. The molecule has 0 aliphatic rings. The zero-order chi connectivity index (χ0) is 21.4. The number of rotatable bonds is 10. The molecule has 0 saturated heterocycles. The van der Waals surface area contributed by atoms with Crippen molar-refractivity contribution < 1.29 is 46.9 Å². The Morgan fingerprint density at radius 3 is 1.90 bits per heavy atom. The standard InChI is InChI=1S/C21H27N2O5P.BrH/c1-15(22)29(27,28)14-18(12-16-8-4-2-5-9-16)20(24)23-19(21(25)26)13-17-10-6-3-7-11-17;/h2-11,15,18-19H,12-14,22H2,1H3,(H,23,24)(H,25,26)(H,27,28);1H/t15-,18-,19+;/m1./s1. The van der Waals surface area contributed by atoms with Gasteiger partial charge in [0.2, 0.25) is 5.91 Å². The van der Waals surface area contributed by atoms with Crippen LogP contribution in [0.25, 0.3) is 0 Å². The van der Waals surface area contributed by atoms with E-state index in [1.54, 1.807) is 24.3 Å². The number of carbonyl (C=O) groups is 2. The van der Waals surface area contributed by atoms with E-state index in [-0.39, 0.29) is 36.0 Å². The molecule has 0 aliphatic heterocycles. The quantitative estimate of drug-likeness (QED) is 0.296. The first-order chi connectivity index (χ1) is 13.7. The highest BCUT2D eigenvalue weighted by Gasteiger charge is 2.35. The van der Waals surface area contributed by atoms with Gasteiger partial charge in [-0.05, 0) is 24.5 Å². The average Bonchev–Trinajstić information content (AvgIpc) is 2.68. The molecule has 0 aliphatic carbocycles. The maximum Gasteiger partial charge on any atom is 0.326 e. The van der Waals surface area contributed by atoms with Crippen LogP contribution in [0.1, 0.15) is 18.1 Å². The number of halogens is 1. The Bertz CT molecular complexity index is 864. The second kappa shape index (κ2) is 12.0. The van der Waals surface area contributed by atoms with Crippen LogP contribution >= 0.6 is 7.37 Å². The molecule has 0 saturated carbocycles. The van der Waals surface area contributed by atoms with Gasteiger partial charge in [0.05, 0.1) is 5.92 Å². The van der Waals surface area contributed by atoms with E-state index in [2.05, 4.69) is 11.1 Å². The van der Waals surface area contributed by atoms with Gasteiger partial charge < -0.3 is 38.0 Å². The van der Waals surface area contributed by atoms with Gasteiger partial charge in [0.15, 0.2) is 5.78 Å². The Morgan fingerprint density at radius 1 is 1.00 bits per heavy atom. The number of hydrogen-bond donors (Lipinski definition) is 4. The summed E-state index contributed by atoms with van der Waals surface area (Å²) in [6.45, 7) is 1.54. The molecule has 164 valence electrons. The van der Waals surface area contributed by atoms with Crippen LogP contribution in [0, 0.1) is 5.92 Å². The second-order valence-corrected chi connectivity index (χ2v) is 10.0. The summed E-state index contributed by atoms with van der Waals surface area (Å²) in [6, 6.07) is 17.0. The Labute approximate surface area is 186 Å². The molecule has 2 rings (SSSR count). The summed E-state index contributed by atoms with van der Waals surface area (Å²) in [7, 11) is -3.66. The fraction of sp³-hybridized carbons (Fsp3) is 0.333. The normalized spacial score (nSPS) is 15.7. The number of quaternary nitrogens is 1. The number of amides is 1. The van der Waals surface area contributed by atoms with Crippen LogP contribution < -0.4 is 28.0 Å². The van der Waals surface area contributed by atoms with Crippen LogP contribution in [-0.2, 0) is 27.0 Å². The molecule has 2 aromatic carbocycles. The maximum atomic E-state index is 12.9. The molecule has 0 radical (unpaired) electrons. The average molecular weight is 499 g/mol. The van der Waals surface area contributed by atoms with Crippen LogP contribution in [0.3, 0.4) is 0 Å². The molecule has 7 nitrogen and oxygen atoms in total. The van der Waals surface area contributed by atoms with Crippen molar-refractivity contribution in [3.63, 3.8) is 0 Å². The monoisotopic (exact) mass is 498 g/mol. The van der Waals surface area contributed by atoms with E-state index in [1.807, 2.05) is 36.4 Å². The summed E-state index contributed by atoms with van der Waals surface area (Å²) >= 11 is 0. The molecule has 6 N–H and O–H groups in total. The molecule has 9 heteroatoms. The van der Waals surface area contributed by atoms with Crippen LogP contribution in [0.2, 0.25) is 0 Å². The van der Waals surface area contributed by atoms with E-state index in [1.165, 1.54) is 6.92 Å². The van der Waals surface area contributed by atoms with Crippen molar-refractivity contribution in [2.45, 2.75) is 31.6 Å². The summed E-state index contributed by atoms with van der Waals surface area (Å²) in [5.74, 6) is -3.27. The molecule has 30 heavy (non-hydrogen) atoms. The van der Waals surface area contributed by atoms with Gasteiger partial charge in [-0.25, -0.2) is 4.79 Å². The minimum atomic E-state index is -3.66. The van der Waals surface area contributed by atoms with Gasteiger partial charge in [0.1, 0.15) is 6.04 Å². The fourth-order valence-corrected chi connectivity index (χ4v) is 4.26. The summed E-state index contributed by atoms with van der Waals surface area (Å²) in [5, 5.41) is 12.1. The molecule has 2 aromatic rings. The number of carbonyl (C=O) groups excluding carboxylic acids is 1. The predicted molar refractivity (Wildman–Crippen MR) is 110 cm³/mol. The zero-order valence-corrected chi connectivity index (χ0v) is 19.3. The Balaban J connectivity index is 0.00000450. The third-order valence-electron chi connectivity index (χ3n) is 4.76. The van der Waals surface area contributed by atoms with Gasteiger partial charge >= 0.3 is 5.97 Å². The third-order valence-corrected chi connectivity index (χ3v) is 7.11. The van der Waals surface area contributed by atoms with E-state index >= 15 is 0 Å². The number of hydrogen-bond acceptors (Lipinski definition) is 3. The summed E-state index contributed by atoms with van der Waals surface area (Å²) in [5.41, 5.74) is 5.25. The number of nitrogens with one attached hydrogen (secondary N) is 1. The van der Waals surface area contributed by atoms with Gasteiger partial charge in [-0.1, -0.05) is 60.7 Å². The SMILES string of the molecule is C[C@H]([NH3+])P(=O)(O)C[C@@H](Cc1ccccc1)C(=O)N[C@@H](Cc1ccccc1)C(=O)O.[Br-]. The number of aliphatic carboxylic acids is 1. The molecule has 0 aromatic heterocycles. The lowest BCUT2D eigenvalue weighted by Gasteiger charge is -2.23. The minimum absolute atomic E-state index is 0.